The van der Waals surface area contributed by atoms with Gasteiger partial charge in [-0.25, -0.2) is 0 Å². The molecule has 1 aliphatic heterocycles. The number of amides is 1. The van der Waals surface area contributed by atoms with Crippen molar-refractivity contribution in [3.05, 3.63) is 0 Å². The van der Waals surface area contributed by atoms with Gasteiger partial charge in [0.25, 0.3) is 0 Å². The molecule has 0 aromatic heterocycles. The minimum atomic E-state index is -1.37. The predicted octanol–water partition coefficient (Wildman–Crippen LogP) is 1.55. The maximum atomic E-state index is 12.6. The van der Waals surface area contributed by atoms with Crippen LogP contribution in [0.1, 0.15) is 73.1 Å². The first-order valence-corrected chi connectivity index (χ1v) is 11.1. The fraction of sp³-hybridized carbons (Fsp3) is 0.773. The van der Waals surface area contributed by atoms with Gasteiger partial charge in [-0.3, -0.25) is 24.0 Å². The number of hydrogen-bond acceptors (Lipinski definition) is 10. The van der Waals surface area contributed by atoms with Crippen molar-refractivity contribution in [2.24, 2.45) is 0 Å². The van der Waals surface area contributed by atoms with Gasteiger partial charge in [0.05, 0.1) is 0 Å². The highest BCUT2D eigenvalue weighted by molar-refractivity contribution is 5.76. The summed E-state index contributed by atoms with van der Waals surface area (Å²) in [6, 6.07) is -1.15. The lowest BCUT2D eigenvalue weighted by molar-refractivity contribution is -0.271. The van der Waals surface area contributed by atoms with Crippen LogP contribution in [0.4, 0.5) is 0 Å². The summed E-state index contributed by atoms with van der Waals surface area (Å²) < 4.78 is 26.6. The molecule has 1 aliphatic rings. The van der Waals surface area contributed by atoms with E-state index in [1.807, 2.05) is 0 Å². The second-order valence-electron chi connectivity index (χ2n) is 7.86. The van der Waals surface area contributed by atoms with E-state index in [0.29, 0.717) is 6.42 Å². The van der Waals surface area contributed by atoms with E-state index in [4.69, 9.17) is 23.7 Å². The van der Waals surface area contributed by atoms with E-state index in [2.05, 4.69) is 12.2 Å². The number of nitrogens with one attached hydrogen (secondary N) is 1. The zero-order valence-electron chi connectivity index (χ0n) is 19.9. The van der Waals surface area contributed by atoms with E-state index in [1.165, 1.54) is 6.92 Å². The molecular weight excluding hydrogens is 438 g/mol. The Kier molecular flexibility index (Phi) is 12.4. The number of esters is 4. The fourth-order valence-corrected chi connectivity index (χ4v) is 3.47. The maximum Gasteiger partial charge on any atom is 0.305 e. The van der Waals surface area contributed by atoms with Crippen molar-refractivity contribution in [1.82, 2.24) is 5.32 Å². The first kappa shape index (κ1) is 28.3. The maximum absolute atomic E-state index is 12.6. The average molecular weight is 474 g/mol. The Hall–Kier alpha value is -2.69. The molecule has 0 bridgehead atoms. The molecule has 1 saturated heterocycles. The third-order valence-corrected chi connectivity index (χ3v) is 4.82. The molecule has 1 heterocycles. The molecule has 1 amide bonds. The summed E-state index contributed by atoms with van der Waals surface area (Å²) in [7, 11) is 0. The number of carbonyl (C=O) groups excluding carboxylic acids is 5. The molecule has 1 fully saturated rings. The van der Waals surface area contributed by atoms with Crippen LogP contribution in [0, 0.1) is 0 Å². The average Bonchev–Trinajstić information content (AvgIpc) is 2.69. The molecule has 0 spiro atoms. The van der Waals surface area contributed by atoms with Crippen molar-refractivity contribution in [3.63, 3.8) is 0 Å². The van der Waals surface area contributed by atoms with Crippen molar-refractivity contribution in [2.45, 2.75) is 104 Å². The predicted molar refractivity (Wildman–Crippen MR) is 113 cm³/mol. The SMILES string of the molecule is CCCCCCCC(=O)N[C@@H]1[C@H](OC(C)=O)O[C@@H](COC(C)=O)[C@@H](OC(C)=O)[C@@H]1OC(C)=O. The highest BCUT2D eigenvalue weighted by Crippen LogP contribution is 2.28. The van der Waals surface area contributed by atoms with Crippen LogP contribution >= 0.6 is 0 Å². The van der Waals surface area contributed by atoms with E-state index in [-0.39, 0.29) is 18.9 Å². The molecular formula is C22H35NO10. The van der Waals surface area contributed by atoms with Gasteiger partial charge in [-0.2, -0.15) is 0 Å². The zero-order chi connectivity index (χ0) is 25.0. The van der Waals surface area contributed by atoms with Gasteiger partial charge < -0.3 is 29.0 Å². The second kappa shape index (κ2) is 14.5. The molecule has 0 saturated carbocycles. The van der Waals surface area contributed by atoms with Gasteiger partial charge in [-0.15, -0.1) is 0 Å². The fourth-order valence-electron chi connectivity index (χ4n) is 3.47. The summed E-state index contributed by atoms with van der Waals surface area (Å²) in [5.74, 6) is -3.12. The summed E-state index contributed by atoms with van der Waals surface area (Å²) >= 11 is 0. The Morgan fingerprint density at radius 3 is 1.88 bits per heavy atom. The van der Waals surface area contributed by atoms with Crippen LogP contribution < -0.4 is 5.32 Å². The minimum Gasteiger partial charge on any atom is -0.463 e. The van der Waals surface area contributed by atoms with Gasteiger partial charge in [0.15, 0.2) is 12.2 Å². The molecule has 0 aliphatic carbocycles. The van der Waals surface area contributed by atoms with Crippen molar-refractivity contribution >= 4 is 29.8 Å². The third kappa shape index (κ3) is 10.6. The molecule has 5 atom stereocenters. The quantitative estimate of drug-likeness (QED) is 0.252. The van der Waals surface area contributed by atoms with E-state index in [1.54, 1.807) is 0 Å². The van der Waals surface area contributed by atoms with Crippen LogP contribution in [0.15, 0.2) is 0 Å². The van der Waals surface area contributed by atoms with Crippen molar-refractivity contribution < 1.29 is 47.7 Å². The number of hydrogen-bond donors (Lipinski definition) is 1. The number of ether oxygens (including phenoxy) is 5. The number of rotatable bonds is 12. The Labute approximate surface area is 193 Å². The summed E-state index contributed by atoms with van der Waals surface area (Å²) in [6.45, 7) is 6.36. The molecule has 0 unspecified atom stereocenters. The number of unbranched alkanes of at least 4 members (excludes halogenated alkanes) is 4. The van der Waals surface area contributed by atoms with Gasteiger partial charge in [0, 0.05) is 34.1 Å². The van der Waals surface area contributed by atoms with Crippen LogP contribution in [0.25, 0.3) is 0 Å². The molecule has 33 heavy (non-hydrogen) atoms. The smallest absolute Gasteiger partial charge is 0.305 e. The Balaban J connectivity index is 3.14. The molecule has 11 nitrogen and oxygen atoms in total. The normalized spacial score (nSPS) is 24.3. The van der Waals surface area contributed by atoms with Crippen LogP contribution in [0.5, 0.6) is 0 Å². The van der Waals surface area contributed by atoms with E-state index in [0.717, 1.165) is 46.5 Å². The highest BCUT2D eigenvalue weighted by Gasteiger charge is 2.52. The standard InChI is InChI=1S/C22H35NO10/c1-6-7-8-9-10-11-18(28)23-19-21(31-15(4)26)20(30-14(3)25)17(12-29-13(2)24)33-22(19)32-16(5)27/h17,19-22H,6-12H2,1-5H3,(H,23,28)/t17-,19-,20+,21+,22+/m0/s1. The Morgan fingerprint density at radius 1 is 0.758 bits per heavy atom. The first-order chi connectivity index (χ1) is 15.5. The molecule has 0 radical (unpaired) electrons. The summed E-state index contributed by atoms with van der Waals surface area (Å²) in [6.07, 6.45) is -0.0783. The monoisotopic (exact) mass is 473 g/mol. The van der Waals surface area contributed by atoms with E-state index in [9.17, 15) is 24.0 Å². The molecule has 11 heteroatoms. The van der Waals surface area contributed by atoms with Crippen LogP contribution in [-0.2, 0) is 47.7 Å². The van der Waals surface area contributed by atoms with Crippen LogP contribution in [0.3, 0.4) is 0 Å². The number of carbonyl (C=O) groups is 5. The van der Waals surface area contributed by atoms with E-state index < -0.39 is 54.5 Å². The van der Waals surface area contributed by atoms with Gasteiger partial charge >= 0.3 is 23.9 Å². The Bertz CT molecular complexity index is 695. The third-order valence-electron chi connectivity index (χ3n) is 4.82. The zero-order valence-corrected chi connectivity index (χ0v) is 19.9. The summed E-state index contributed by atoms with van der Waals surface area (Å²) in [5, 5.41) is 2.69. The molecule has 1 N–H and O–H groups in total. The topological polar surface area (TPSA) is 144 Å². The van der Waals surface area contributed by atoms with Crippen molar-refractivity contribution in [2.75, 3.05) is 6.61 Å². The van der Waals surface area contributed by atoms with Gasteiger partial charge in [-0.1, -0.05) is 32.6 Å². The highest BCUT2D eigenvalue weighted by atomic mass is 16.7. The Morgan fingerprint density at radius 2 is 1.33 bits per heavy atom. The molecule has 188 valence electrons. The summed E-state index contributed by atoms with van der Waals surface area (Å²) in [5.41, 5.74) is 0. The lowest BCUT2D eigenvalue weighted by Gasteiger charge is -2.44. The largest absolute Gasteiger partial charge is 0.463 e. The first-order valence-electron chi connectivity index (χ1n) is 11.1. The van der Waals surface area contributed by atoms with Crippen LogP contribution in [-0.4, -0.2) is 67.0 Å². The molecule has 0 aromatic rings. The molecule has 1 rings (SSSR count). The second-order valence-corrected chi connectivity index (χ2v) is 7.86. The van der Waals surface area contributed by atoms with E-state index >= 15 is 0 Å². The lowest BCUT2D eigenvalue weighted by atomic mass is 9.95. The molecule has 0 aromatic carbocycles. The van der Waals surface area contributed by atoms with Crippen LogP contribution in [0.2, 0.25) is 0 Å². The van der Waals surface area contributed by atoms with Crippen molar-refractivity contribution in [3.8, 4) is 0 Å². The van der Waals surface area contributed by atoms with Crippen molar-refractivity contribution in [1.29, 1.82) is 0 Å². The van der Waals surface area contributed by atoms with Gasteiger partial charge in [0.1, 0.15) is 18.8 Å². The van der Waals surface area contributed by atoms with Gasteiger partial charge in [-0.05, 0) is 6.42 Å². The van der Waals surface area contributed by atoms with Gasteiger partial charge in [0.2, 0.25) is 12.2 Å². The minimum absolute atomic E-state index is 0.203. The summed E-state index contributed by atoms with van der Waals surface area (Å²) in [4.78, 5) is 59.2. The lowest BCUT2D eigenvalue weighted by Crippen LogP contribution is -2.67.